The zero-order valence-electron chi connectivity index (χ0n) is 5.14. The minimum atomic E-state index is -0.863. The first kappa shape index (κ1) is 7.92. The maximum atomic E-state index is 8.72. The zero-order chi connectivity index (χ0) is 7.61. The maximum Gasteiger partial charge on any atom is 0.154 e. The molecule has 0 aromatic rings. The van der Waals surface area contributed by atoms with Gasteiger partial charge >= 0.3 is 0 Å². The van der Waals surface area contributed by atoms with Gasteiger partial charge in [0.1, 0.15) is 0 Å². The predicted octanol–water partition coefficient (Wildman–Crippen LogP) is 1.15. The summed E-state index contributed by atoms with van der Waals surface area (Å²) in [7, 11) is 0. The third-order valence-electron chi connectivity index (χ3n) is 1.19. The molecule has 0 aromatic heterocycles. The predicted molar refractivity (Wildman–Crippen MR) is 41.9 cm³/mol. The smallest absolute Gasteiger partial charge is 0.154 e. The van der Waals surface area contributed by atoms with Gasteiger partial charge in [0.15, 0.2) is 5.00 Å². The van der Waals surface area contributed by atoms with Gasteiger partial charge in [0, 0.05) is 6.20 Å². The van der Waals surface area contributed by atoms with E-state index >= 15 is 0 Å². The summed E-state index contributed by atoms with van der Waals surface area (Å²) >= 11 is 11.3. The highest BCUT2D eigenvalue weighted by atomic mass is 35.5. The van der Waals surface area contributed by atoms with E-state index in [1.807, 2.05) is 0 Å². The normalized spacial score (nSPS) is 31.3. The summed E-state index contributed by atoms with van der Waals surface area (Å²) in [5, 5.41) is 12.0. The van der Waals surface area contributed by atoms with Gasteiger partial charge < -0.3 is 10.4 Å². The standard InChI is InChI=1S/C6H7Cl2NO/c7-5-1-2-6(8,4-10)9-3-5/h1-3,9-10H,4H2. The number of rotatable bonds is 1. The summed E-state index contributed by atoms with van der Waals surface area (Å²) < 4.78 is 0. The Hall–Kier alpha value is -0.180. The van der Waals surface area contributed by atoms with Crippen LogP contribution in [-0.4, -0.2) is 16.7 Å². The van der Waals surface area contributed by atoms with Gasteiger partial charge in [-0.2, -0.15) is 0 Å². The zero-order valence-corrected chi connectivity index (χ0v) is 6.65. The van der Waals surface area contributed by atoms with Crippen LogP contribution in [0.3, 0.4) is 0 Å². The van der Waals surface area contributed by atoms with Gasteiger partial charge in [-0.15, -0.1) is 0 Å². The van der Waals surface area contributed by atoms with Crippen LogP contribution in [0.4, 0.5) is 0 Å². The van der Waals surface area contributed by atoms with Crippen molar-refractivity contribution in [2.45, 2.75) is 5.00 Å². The number of halogens is 2. The summed E-state index contributed by atoms with van der Waals surface area (Å²) in [5.74, 6) is 0. The average Bonchev–Trinajstić information content (AvgIpc) is 1.96. The molecule has 0 aromatic carbocycles. The molecule has 1 unspecified atom stereocenters. The first-order valence-electron chi connectivity index (χ1n) is 2.79. The number of hydrogen-bond donors (Lipinski definition) is 2. The molecule has 56 valence electrons. The van der Waals surface area contributed by atoms with Gasteiger partial charge in [0.2, 0.25) is 0 Å². The molecule has 0 saturated heterocycles. The minimum Gasteiger partial charge on any atom is -0.392 e. The summed E-state index contributed by atoms with van der Waals surface area (Å²) in [6.45, 7) is -0.161. The van der Waals surface area contributed by atoms with Crippen LogP contribution in [0.1, 0.15) is 0 Å². The lowest BCUT2D eigenvalue weighted by Crippen LogP contribution is -2.39. The van der Waals surface area contributed by atoms with Crippen LogP contribution in [0.15, 0.2) is 23.4 Å². The monoisotopic (exact) mass is 179 g/mol. The Kier molecular flexibility index (Phi) is 2.24. The lowest BCUT2D eigenvalue weighted by molar-refractivity contribution is 0.254. The van der Waals surface area contributed by atoms with Crippen LogP contribution in [-0.2, 0) is 0 Å². The van der Waals surface area contributed by atoms with E-state index < -0.39 is 5.00 Å². The Bertz CT molecular complexity index is 190. The highest BCUT2D eigenvalue weighted by Gasteiger charge is 2.22. The summed E-state index contributed by atoms with van der Waals surface area (Å²) in [6.07, 6.45) is 4.79. The van der Waals surface area contributed by atoms with Crippen molar-refractivity contribution in [1.82, 2.24) is 5.32 Å². The number of dihydropyridines is 1. The topological polar surface area (TPSA) is 32.3 Å². The van der Waals surface area contributed by atoms with Crippen molar-refractivity contribution in [3.63, 3.8) is 0 Å². The summed E-state index contributed by atoms with van der Waals surface area (Å²) in [5.41, 5.74) is 0. The second kappa shape index (κ2) is 2.82. The molecule has 1 rings (SSSR count). The molecule has 1 aliphatic rings. The molecule has 1 atom stereocenters. The first-order valence-corrected chi connectivity index (χ1v) is 3.54. The van der Waals surface area contributed by atoms with Crippen LogP contribution < -0.4 is 5.32 Å². The minimum absolute atomic E-state index is 0.161. The van der Waals surface area contributed by atoms with Crippen LogP contribution in [0.2, 0.25) is 0 Å². The fraction of sp³-hybridized carbons (Fsp3) is 0.333. The van der Waals surface area contributed by atoms with E-state index in [0.717, 1.165) is 0 Å². The molecule has 0 amide bonds. The van der Waals surface area contributed by atoms with E-state index in [-0.39, 0.29) is 6.61 Å². The lowest BCUT2D eigenvalue weighted by atomic mass is 10.2. The number of aliphatic hydroxyl groups is 1. The molecule has 1 aliphatic heterocycles. The van der Waals surface area contributed by atoms with Gasteiger partial charge in [-0.3, -0.25) is 0 Å². The van der Waals surface area contributed by atoms with Crippen molar-refractivity contribution in [3.8, 4) is 0 Å². The molecule has 1 heterocycles. The van der Waals surface area contributed by atoms with Gasteiger partial charge in [-0.05, 0) is 12.2 Å². The van der Waals surface area contributed by atoms with Crippen LogP contribution >= 0.6 is 23.2 Å². The Morgan fingerprint density at radius 1 is 1.70 bits per heavy atom. The Morgan fingerprint density at radius 3 is 2.80 bits per heavy atom. The molecular weight excluding hydrogens is 173 g/mol. The molecule has 0 spiro atoms. The van der Waals surface area contributed by atoms with Gasteiger partial charge in [0.05, 0.1) is 11.6 Å². The molecule has 0 saturated carbocycles. The molecular formula is C6H7Cl2NO. The number of aliphatic hydroxyl groups excluding tert-OH is 1. The third kappa shape index (κ3) is 1.66. The quantitative estimate of drug-likeness (QED) is 0.468. The maximum absolute atomic E-state index is 8.72. The Balaban J connectivity index is 2.67. The van der Waals surface area contributed by atoms with E-state index in [1.165, 1.54) is 0 Å². The Morgan fingerprint density at radius 2 is 2.40 bits per heavy atom. The Labute approximate surface area is 69.1 Å². The average molecular weight is 180 g/mol. The highest BCUT2D eigenvalue weighted by Crippen LogP contribution is 2.19. The van der Waals surface area contributed by atoms with E-state index in [2.05, 4.69) is 5.32 Å². The molecule has 2 nitrogen and oxygen atoms in total. The number of nitrogens with one attached hydrogen (secondary N) is 1. The molecule has 0 radical (unpaired) electrons. The lowest BCUT2D eigenvalue weighted by Gasteiger charge is -2.23. The first-order chi connectivity index (χ1) is 4.66. The number of alkyl halides is 1. The largest absolute Gasteiger partial charge is 0.392 e. The molecule has 0 bridgehead atoms. The van der Waals surface area contributed by atoms with E-state index in [0.29, 0.717) is 5.03 Å². The molecule has 0 aliphatic carbocycles. The van der Waals surface area contributed by atoms with Crippen molar-refractivity contribution in [2.75, 3.05) is 6.61 Å². The van der Waals surface area contributed by atoms with Crippen LogP contribution in [0, 0.1) is 0 Å². The second-order valence-corrected chi connectivity index (χ2v) is 3.14. The van der Waals surface area contributed by atoms with Crippen LogP contribution in [0.5, 0.6) is 0 Å². The number of allylic oxidation sites excluding steroid dienone is 2. The van der Waals surface area contributed by atoms with E-state index in [1.54, 1.807) is 18.4 Å². The van der Waals surface area contributed by atoms with E-state index in [4.69, 9.17) is 28.3 Å². The van der Waals surface area contributed by atoms with Gasteiger partial charge in [-0.1, -0.05) is 23.2 Å². The summed E-state index contributed by atoms with van der Waals surface area (Å²) in [4.78, 5) is -0.863. The van der Waals surface area contributed by atoms with Crippen molar-refractivity contribution in [2.24, 2.45) is 0 Å². The highest BCUT2D eigenvalue weighted by molar-refractivity contribution is 6.32. The van der Waals surface area contributed by atoms with Crippen LogP contribution in [0.25, 0.3) is 0 Å². The fourth-order valence-corrected chi connectivity index (χ4v) is 0.830. The van der Waals surface area contributed by atoms with Crippen molar-refractivity contribution in [3.05, 3.63) is 23.4 Å². The van der Waals surface area contributed by atoms with Gasteiger partial charge in [0.25, 0.3) is 0 Å². The van der Waals surface area contributed by atoms with Crippen molar-refractivity contribution < 1.29 is 5.11 Å². The molecule has 2 N–H and O–H groups in total. The SMILES string of the molecule is OCC1(Cl)C=CC(Cl)=CN1. The molecule has 0 fully saturated rings. The molecule has 10 heavy (non-hydrogen) atoms. The molecule has 4 heteroatoms. The van der Waals surface area contributed by atoms with Crippen molar-refractivity contribution >= 4 is 23.2 Å². The van der Waals surface area contributed by atoms with E-state index in [9.17, 15) is 0 Å². The number of hydrogen-bond acceptors (Lipinski definition) is 2. The van der Waals surface area contributed by atoms with Crippen molar-refractivity contribution in [1.29, 1.82) is 0 Å². The second-order valence-electron chi connectivity index (χ2n) is 2.03. The van der Waals surface area contributed by atoms with Gasteiger partial charge in [-0.25, -0.2) is 0 Å². The summed E-state index contributed by atoms with van der Waals surface area (Å²) in [6, 6.07) is 0. The third-order valence-corrected chi connectivity index (χ3v) is 1.78. The fourth-order valence-electron chi connectivity index (χ4n) is 0.595.